The third kappa shape index (κ3) is 7.21. The number of sulfone groups is 1. The van der Waals surface area contributed by atoms with Gasteiger partial charge in [-0.15, -0.1) is 0 Å². The van der Waals surface area contributed by atoms with Gasteiger partial charge in [0.2, 0.25) is 10.0 Å². The summed E-state index contributed by atoms with van der Waals surface area (Å²) >= 11 is 0. The highest BCUT2D eigenvalue weighted by Crippen LogP contribution is 2.06. The highest BCUT2D eigenvalue weighted by Gasteiger charge is 2.25. The molecule has 1 aromatic carbocycles. The summed E-state index contributed by atoms with van der Waals surface area (Å²) in [6, 6.07) is 6.81. The minimum absolute atomic E-state index is 0.317. The Balaban J connectivity index is 2.76. The van der Waals surface area contributed by atoms with E-state index >= 15 is 0 Å². The fourth-order valence-corrected chi connectivity index (χ4v) is 3.65. The standard InChI is InChI=1S/C12H17NO6S2/c1-20(16,17)8-7-11(12(14)15)13-21(18,19)9-10-5-3-2-4-6-10/h2-6,11,13H,7-9H2,1H3,(H,14,15)/t11-/m0/s1. The largest absolute Gasteiger partial charge is 0.480 e. The van der Waals surface area contributed by atoms with Crippen LogP contribution in [0.5, 0.6) is 0 Å². The van der Waals surface area contributed by atoms with Gasteiger partial charge in [0.15, 0.2) is 0 Å². The number of aliphatic carboxylic acids is 1. The van der Waals surface area contributed by atoms with Crippen molar-refractivity contribution < 1.29 is 26.7 Å². The molecule has 0 aliphatic heterocycles. The average Bonchev–Trinajstić information content (AvgIpc) is 2.33. The second kappa shape index (κ2) is 7.01. The van der Waals surface area contributed by atoms with E-state index in [1.807, 2.05) is 4.72 Å². The van der Waals surface area contributed by atoms with E-state index < -0.39 is 37.6 Å². The van der Waals surface area contributed by atoms with E-state index in [1.54, 1.807) is 30.3 Å². The van der Waals surface area contributed by atoms with Crippen LogP contribution in [0.25, 0.3) is 0 Å². The Bertz CT molecular complexity index is 682. The Morgan fingerprint density at radius 2 is 1.76 bits per heavy atom. The number of hydrogen-bond acceptors (Lipinski definition) is 5. The lowest BCUT2D eigenvalue weighted by molar-refractivity contribution is -0.139. The van der Waals surface area contributed by atoms with Crippen molar-refractivity contribution in [2.45, 2.75) is 18.2 Å². The predicted octanol–water partition coefficient (Wildman–Crippen LogP) is -0.00610. The van der Waals surface area contributed by atoms with Gasteiger partial charge in [-0.2, -0.15) is 0 Å². The fourth-order valence-electron chi connectivity index (χ4n) is 1.62. The average molecular weight is 335 g/mol. The summed E-state index contributed by atoms with van der Waals surface area (Å²) in [7, 11) is -7.24. The van der Waals surface area contributed by atoms with Crippen LogP contribution >= 0.6 is 0 Å². The van der Waals surface area contributed by atoms with Crippen LogP contribution in [0.15, 0.2) is 30.3 Å². The van der Waals surface area contributed by atoms with Crippen LogP contribution < -0.4 is 4.72 Å². The summed E-state index contributed by atoms with van der Waals surface area (Å²) in [4.78, 5) is 11.0. The second-order valence-corrected chi connectivity index (χ2v) is 8.69. The predicted molar refractivity (Wildman–Crippen MR) is 78.0 cm³/mol. The summed E-state index contributed by atoms with van der Waals surface area (Å²) in [6.07, 6.45) is 0.645. The highest BCUT2D eigenvalue weighted by molar-refractivity contribution is 7.90. The summed E-state index contributed by atoms with van der Waals surface area (Å²) in [5, 5.41) is 8.98. The van der Waals surface area contributed by atoms with Crippen molar-refractivity contribution in [3.63, 3.8) is 0 Å². The van der Waals surface area contributed by atoms with Crippen LogP contribution in [-0.4, -0.2) is 46.0 Å². The Morgan fingerprint density at radius 3 is 2.24 bits per heavy atom. The summed E-state index contributed by atoms with van der Waals surface area (Å²) in [6.45, 7) is 0. The number of carbonyl (C=O) groups is 1. The molecule has 2 N–H and O–H groups in total. The fraction of sp³-hybridized carbons (Fsp3) is 0.417. The van der Waals surface area contributed by atoms with Crippen LogP contribution in [-0.2, 0) is 30.4 Å². The summed E-state index contributed by atoms with van der Waals surface area (Å²) in [5.41, 5.74) is 0.511. The Labute approximate surface area is 124 Å². The zero-order valence-corrected chi connectivity index (χ0v) is 13.0. The molecule has 0 unspecified atom stereocenters. The van der Waals surface area contributed by atoms with Crippen molar-refractivity contribution in [1.82, 2.24) is 4.72 Å². The summed E-state index contributed by atoms with van der Waals surface area (Å²) < 4.78 is 47.9. The maximum atomic E-state index is 11.9. The molecular formula is C12H17NO6S2. The number of carboxylic acid groups (broad SMARTS) is 1. The first-order valence-electron chi connectivity index (χ1n) is 6.03. The van der Waals surface area contributed by atoms with Crippen molar-refractivity contribution in [1.29, 1.82) is 0 Å². The van der Waals surface area contributed by atoms with Crippen molar-refractivity contribution in [3.05, 3.63) is 35.9 Å². The third-order valence-corrected chi connectivity index (χ3v) is 4.93. The van der Waals surface area contributed by atoms with E-state index in [0.717, 1.165) is 6.26 Å². The van der Waals surface area contributed by atoms with E-state index in [2.05, 4.69) is 0 Å². The first-order valence-corrected chi connectivity index (χ1v) is 9.75. The molecule has 0 bridgehead atoms. The topological polar surface area (TPSA) is 118 Å². The normalized spacial score (nSPS) is 13.8. The molecule has 0 aromatic heterocycles. The maximum Gasteiger partial charge on any atom is 0.321 e. The molecule has 0 spiro atoms. The van der Waals surface area contributed by atoms with Crippen LogP contribution in [0.2, 0.25) is 0 Å². The van der Waals surface area contributed by atoms with Crippen molar-refractivity contribution >= 4 is 25.8 Å². The zero-order valence-electron chi connectivity index (χ0n) is 11.4. The van der Waals surface area contributed by atoms with Crippen molar-refractivity contribution in [2.75, 3.05) is 12.0 Å². The monoisotopic (exact) mass is 335 g/mol. The molecule has 0 radical (unpaired) electrons. The van der Waals surface area contributed by atoms with Gasteiger partial charge in [0.25, 0.3) is 0 Å². The minimum atomic E-state index is -3.87. The van der Waals surface area contributed by atoms with Gasteiger partial charge in [-0.05, 0) is 12.0 Å². The number of nitrogens with one attached hydrogen (secondary N) is 1. The van der Waals surface area contributed by atoms with E-state index in [4.69, 9.17) is 5.11 Å². The number of carboxylic acids is 1. The molecule has 118 valence electrons. The van der Waals surface area contributed by atoms with Gasteiger partial charge in [0.1, 0.15) is 15.9 Å². The molecule has 0 aliphatic rings. The van der Waals surface area contributed by atoms with Crippen LogP contribution in [0.4, 0.5) is 0 Å². The van der Waals surface area contributed by atoms with E-state index in [-0.39, 0.29) is 12.2 Å². The van der Waals surface area contributed by atoms with Crippen LogP contribution in [0.3, 0.4) is 0 Å². The van der Waals surface area contributed by atoms with E-state index in [9.17, 15) is 21.6 Å². The van der Waals surface area contributed by atoms with Gasteiger partial charge in [-0.3, -0.25) is 4.79 Å². The Kier molecular flexibility index (Phi) is 5.87. The minimum Gasteiger partial charge on any atom is -0.480 e. The number of hydrogen-bond donors (Lipinski definition) is 2. The van der Waals surface area contributed by atoms with Gasteiger partial charge in [-0.1, -0.05) is 30.3 Å². The smallest absolute Gasteiger partial charge is 0.321 e. The molecule has 1 atom stereocenters. The summed E-state index contributed by atoms with van der Waals surface area (Å²) in [5.74, 6) is -2.18. The first-order chi connectivity index (χ1) is 9.59. The lowest BCUT2D eigenvalue weighted by Crippen LogP contribution is -2.42. The van der Waals surface area contributed by atoms with Gasteiger partial charge in [-0.25, -0.2) is 21.6 Å². The third-order valence-electron chi connectivity index (χ3n) is 2.60. The van der Waals surface area contributed by atoms with Gasteiger partial charge in [0, 0.05) is 6.26 Å². The molecule has 1 rings (SSSR count). The first kappa shape index (κ1) is 17.6. The number of sulfonamides is 1. The van der Waals surface area contributed by atoms with Crippen LogP contribution in [0, 0.1) is 0 Å². The van der Waals surface area contributed by atoms with Gasteiger partial charge < -0.3 is 5.11 Å². The highest BCUT2D eigenvalue weighted by atomic mass is 32.2. The molecule has 1 aromatic rings. The molecule has 0 fully saturated rings. The molecule has 0 saturated carbocycles. The number of rotatable bonds is 8. The second-order valence-electron chi connectivity index (χ2n) is 4.67. The van der Waals surface area contributed by atoms with Crippen molar-refractivity contribution in [2.24, 2.45) is 0 Å². The van der Waals surface area contributed by atoms with Gasteiger partial charge in [0.05, 0.1) is 11.5 Å². The zero-order chi connectivity index (χ0) is 16.1. The van der Waals surface area contributed by atoms with Crippen molar-refractivity contribution in [3.8, 4) is 0 Å². The molecular weight excluding hydrogens is 318 g/mol. The maximum absolute atomic E-state index is 11.9. The molecule has 0 saturated heterocycles. The molecule has 9 heteroatoms. The SMILES string of the molecule is CS(=O)(=O)CC[C@H](NS(=O)(=O)Cc1ccccc1)C(=O)O. The number of benzene rings is 1. The molecule has 0 aliphatic carbocycles. The van der Waals surface area contributed by atoms with E-state index in [0.29, 0.717) is 5.56 Å². The molecule has 7 nitrogen and oxygen atoms in total. The Hall–Kier alpha value is -1.45. The lowest BCUT2D eigenvalue weighted by atomic mass is 10.2. The van der Waals surface area contributed by atoms with E-state index in [1.165, 1.54) is 0 Å². The van der Waals surface area contributed by atoms with Gasteiger partial charge >= 0.3 is 5.97 Å². The molecule has 0 heterocycles. The lowest BCUT2D eigenvalue weighted by Gasteiger charge is -2.14. The van der Waals surface area contributed by atoms with Crippen LogP contribution in [0.1, 0.15) is 12.0 Å². The quantitative estimate of drug-likeness (QED) is 0.690. The molecule has 0 amide bonds. The Morgan fingerprint density at radius 1 is 1.19 bits per heavy atom. The molecule has 21 heavy (non-hydrogen) atoms.